The highest BCUT2D eigenvalue weighted by Crippen LogP contribution is 2.24. The van der Waals surface area contributed by atoms with E-state index in [2.05, 4.69) is 15.5 Å². The molecule has 2 fully saturated rings. The van der Waals surface area contributed by atoms with Crippen molar-refractivity contribution in [2.24, 2.45) is 0 Å². The summed E-state index contributed by atoms with van der Waals surface area (Å²) in [6.07, 6.45) is 10.2. The molecule has 1 atom stereocenters. The maximum Gasteiger partial charge on any atom is 0.319 e. The van der Waals surface area contributed by atoms with Crippen LogP contribution in [0.15, 0.2) is 24.3 Å². The number of nitrogens with zero attached hydrogens (tertiary/aromatic N) is 1. The van der Waals surface area contributed by atoms with Gasteiger partial charge in [0.1, 0.15) is 0 Å². The van der Waals surface area contributed by atoms with Crippen molar-refractivity contribution in [2.75, 3.05) is 18.4 Å². The highest BCUT2D eigenvalue weighted by molar-refractivity contribution is 5.96. The number of anilines is 1. The van der Waals surface area contributed by atoms with Crippen LogP contribution in [0.1, 0.15) is 68.6 Å². The molecular formula is C21H31N3O2. The molecule has 5 nitrogen and oxygen atoms in total. The molecule has 1 unspecified atom stereocenters. The van der Waals surface area contributed by atoms with Gasteiger partial charge in [0.05, 0.1) is 0 Å². The predicted octanol–water partition coefficient (Wildman–Crippen LogP) is 4.20. The molecule has 0 radical (unpaired) electrons. The minimum atomic E-state index is -0.182. The summed E-state index contributed by atoms with van der Waals surface area (Å²) in [4.78, 5) is 26.4. The number of ketones is 1. The lowest BCUT2D eigenvalue weighted by Crippen LogP contribution is -2.51. The van der Waals surface area contributed by atoms with Crippen LogP contribution in [0, 0.1) is 0 Å². The van der Waals surface area contributed by atoms with Crippen LogP contribution in [0.2, 0.25) is 0 Å². The SMILES string of the molecule is CC(=O)c1cccc(NC(=O)NC2CCCN(C3CCCCCC3)C2)c1. The number of nitrogens with one attached hydrogen (secondary N) is 2. The molecule has 142 valence electrons. The third-order valence-electron chi connectivity index (χ3n) is 5.66. The van der Waals surface area contributed by atoms with Crippen LogP contribution in [0.4, 0.5) is 10.5 Å². The smallest absolute Gasteiger partial charge is 0.319 e. The maximum absolute atomic E-state index is 12.4. The van der Waals surface area contributed by atoms with Crippen LogP contribution < -0.4 is 10.6 Å². The first-order chi connectivity index (χ1) is 12.6. The standard InChI is InChI=1S/C21H31N3O2/c1-16(25)17-8-6-9-18(14-17)22-21(26)23-19-10-7-13-24(15-19)20-11-4-2-3-5-12-20/h6,8-9,14,19-20H,2-5,7,10-13,15H2,1H3,(H2,22,23,26). The van der Waals surface area contributed by atoms with Crippen molar-refractivity contribution in [3.05, 3.63) is 29.8 Å². The summed E-state index contributed by atoms with van der Waals surface area (Å²) in [6, 6.07) is 7.79. The van der Waals surface area contributed by atoms with Gasteiger partial charge in [-0.3, -0.25) is 9.69 Å². The average Bonchev–Trinajstić information content (AvgIpc) is 2.91. The zero-order valence-electron chi connectivity index (χ0n) is 15.8. The Kier molecular flexibility index (Phi) is 6.67. The van der Waals surface area contributed by atoms with Gasteiger partial charge in [0, 0.05) is 29.9 Å². The first kappa shape index (κ1) is 18.9. The zero-order valence-corrected chi connectivity index (χ0v) is 15.8. The van der Waals surface area contributed by atoms with Gasteiger partial charge in [-0.05, 0) is 51.3 Å². The lowest BCUT2D eigenvalue weighted by atomic mass is 10.00. The van der Waals surface area contributed by atoms with Gasteiger partial charge < -0.3 is 10.6 Å². The second kappa shape index (κ2) is 9.17. The number of hydrogen-bond acceptors (Lipinski definition) is 3. The first-order valence-corrected chi connectivity index (χ1v) is 10.0. The van der Waals surface area contributed by atoms with E-state index in [1.807, 2.05) is 6.07 Å². The molecule has 1 aromatic rings. The van der Waals surface area contributed by atoms with Crippen molar-refractivity contribution in [3.8, 4) is 0 Å². The lowest BCUT2D eigenvalue weighted by molar-refractivity contribution is 0.101. The molecule has 26 heavy (non-hydrogen) atoms. The summed E-state index contributed by atoms with van der Waals surface area (Å²) in [5, 5.41) is 5.99. The van der Waals surface area contributed by atoms with E-state index >= 15 is 0 Å². The van der Waals surface area contributed by atoms with Gasteiger partial charge in [-0.1, -0.05) is 37.8 Å². The molecule has 1 aliphatic carbocycles. The monoisotopic (exact) mass is 357 g/mol. The molecule has 0 bridgehead atoms. The molecule has 5 heteroatoms. The number of piperidine rings is 1. The Morgan fingerprint density at radius 3 is 2.54 bits per heavy atom. The molecule has 2 N–H and O–H groups in total. The van der Waals surface area contributed by atoms with Crippen molar-refractivity contribution in [3.63, 3.8) is 0 Å². The first-order valence-electron chi connectivity index (χ1n) is 10.0. The van der Waals surface area contributed by atoms with Crippen LogP contribution in [-0.4, -0.2) is 41.9 Å². The van der Waals surface area contributed by atoms with E-state index in [-0.39, 0.29) is 17.9 Å². The highest BCUT2D eigenvalue weighted by Gasteiger charge is 2.27. The average molecular weight is 357 g/mol. The van der Waals surface area contributed by atoms with E-state index in [9.17, 15) is 9.59 Å². The molecule has 1 saturated carbocycles. The van der Waals surface area contributed by atoms with E-state index in [1.165, 1.54) is 45.4 Å². The van der Waals surface area contributed by atoms with Gasteiger partial charge in [0.15, 0.2) is 5.78 Å². The Morgan fingerprint density at radius 1 is 1.04 bits per heavy atom. The fourth-order valence-electron chi connectivity index (χ4n) is 4.25. The maximum atomic E-state index is 12.4. The quantitative estimate of drug-likeness (QED) is 0.627. The summed E-state index contributed by atoms with van der Waals surface area (Å²) in [5.41, 5.74) is 1.27. The molecule has 3 rings (SSSR count). The number of Topliss-reactive ketones (excluding diaryl/α,β-unsaturated/α-hetero) is 1. The fourth-order valence-corrected chi connectivity index (χ4v) is 4.25. The Labute approximate surface area is 156 Å². The van der Waals surface area contributed by atoms with Crippen LogP contribution in [0.5, 0.6) is 0 Å². The van der Waals surface area contributed by atoms with Gasteiger partial charge in [0.25, 0.3) is 0 Å². The predicted molar refractivity (Wildman–Crippen MR) is 105 cm³/mol. The van der Waals surface area contributed by atoms with E-state index in [1.54, 1.807) is 18.2 Å². The normalized spacial score (nSPS) is 22.4. The number of hydrogen-bond donors (Lipinski definition) is 2. The summed E-state index contributed by atoms with van der Waals surface area (Å²) < 4.78 is 0. The minimum Gasteiger partial charge on any atom is -0.334 e. The Bertz CT molecular complexity index is 623. The van der Waals surface area contributed by atoms with Crippen LogP contribution in [-0.2, 0) is 0 Å². The minimum absolute atomic E-state index is 0.000353. The van der Waals surface area contributed by atoms with Gasteiger partial charge in [0.2, 0.25) is 0 Å². The number of carbonyl (C=O) groups is 2. The number of urea groups is 1. The Balaban J connectivity index is 1.52. The van der Waals surface area contributed by atoms with E-state index < -0.39 is 0 Å². The zero-order chi connectivity index (χ0) is 18.4. The Hall–Kier alpha value is -1.88. The molecule has 1 heterocycles. The molecule has 1 saturated heterocycles. The second-order valence-electron chi connectivity index (χ2n) is 7.71. The van der Waals surface area contributed by atoms with Crippen molar-refractivity contribution in [1.29, 1.82) is 0 Å². The van der Waals surface area contributed by atoms with Crippen molar-refractivity contribution in [1.82, 2.24) is 10.2 Å². The molecule has 0 spiro atoms. The molecule has 2 amide bonds. The summed E-state index contributed by atoms with van der Waals surface area (Å²) in [5.74, 6) is 0.000353. The topological polar surface area (TPSA) is 61.4 Å². The summed E-state index contributed by atoms with van der Waals surface area (Å²) in [7, 11) is 0. The van der Waals surface area contributed by atoms with Crippen LogP contribution in [0.3, 0.4) is 0 Å². The van der Waals surface area contributed by atoms with Gasteiger partial charge in [-0.25, -0.2) is 4.79 Å². The molecule has 1 aromatic carbocycles. The third kappa shape index (κ3) is 5.31. The molecular weight excluding hydrogens is 326 g/mol. The van der Waals surface area contributed by atoms with Gasteiger partial charge in [-0.2, -0.15) is 0 Å². The number of carbonyl (C=O) groups excluding carboxylic acids is 2. The van der Waals surface area contributed by atoms with E-state index in [0.717, 1.165) is 25.9 Å². The summed E-state index contributed by atoms with van der Waals surface area (Å²) in [6.45, 7) is 3.64. The van der Waals surface area contributed by atoms with Gasteiger partial charge in [-0.15, -0.1) is 0 Å². The molecule has 0 aromatic heterocycles. The van der Waals surface area contributed by atoms with E-state index in [0.29, 0.717) is 17.3 Å². The van der Waals surface area contributed by atoms with Crippen molar-refractivity contribution >= 4 is 17.5 Å². The van der Waals surface area contributed by atoms with Crippen molar-refractivity contribution in [2.45, 2.75) is 70.4 Å². The highest BCUT2D eigenvalue weighted by atomic mass is 16.2. The van der Waals surface area contributed by atoms with Crippen molar-refractivity contribution < 1.29 is 9.59 Å². The third-order valence-corrected chi connectivity index (χ3v) is 5.66. The Morgan fingerprint density at radius 2 is 1.81 bits per heavy atom. The van der Waals surface area contributed by atoms with Crippen LogP contribution >= 0.6 is 0 Å². The number of benzene rings is 1. The van der Waals surface area contributed by atoms with Crippen LogP contribution in [0.25, 0.3) is 0 Å². The molecule has 2 aliphatic rings. The largest absolute Gasteiger partial charge is 0.334 e. The number of rotatable bonds is 4. The molecule has 1 aliphatic heterocycles. The van der Waals surface area contributed by atoms with E-state index in [4.69, 9.17) is 0 Å². The number of amides is 2. The second-order valence-corrected chi connectivity index (χ2v) is 7.71. The number of likely N-dealkylation sites (tertiary alicyclic amines) is 1. The van der Waals surface area contributed by atoms with Gasteiger partial charge >= 0.3 is 6.03 Å². The summed E-state index contributed by atoms with van der Waals surface area (Å²) >= 11 is 0. The lowest BCUT2D eigenvalue weighted by Gasteiger charge is -2.38. The fraction of sp³-hybridized carbons (Fsp3) is 0.619.